The van der Waals surface area contributed by atoms with Crippen molar-refractivity contribution in [2.24, 2.45) is 0 Å². The Morgan fingerprint density at radius 1 is 0.968 bits per heavy atom. The van der Waals surface area contributed by atoms with Gasteiger partial charge in [0.15, 0.2) is 0 Å². The van der Waals surface area contributed by atoms with Crippen LogP contribution in [0.15, 0.2) is 60.9 Å². The van der Waals surface area contributed by atoms with Crippen LogP contribution in [0.25, 0.3) is 11.0 Å². The van der Waals surface area contributed by atoms with E-state index >= 15 is 0 Å². The fourth-order valence-electron chi connectivity index (χ4n) is 3.46. The van der Waals surface area contributed by atoms with Crippen LogP contribution in [-0.4, -0.2) is 28.8 Å². The van der Waals surface area contributed by atoms with E-state index in [1.54, 1.807) is 31.6 Å². The Hall–Kier alpha value is -4.13. The van der Waals surface area contributed by atoms with Gasteiger partial charge in [-0.3, -0.25) is 9.59 Å². The number of aromatic nitrogens is 2. The molecular formula is C24H23N5O2. The maximum atomic E-state index is 13.0. The molecule has 0 fully saturated rings. The SMILES string of the molecule is CNc1c(C(=O)Nc2cc(NC(=O)c3cccc(C)c3)ccc2C)cnc2[nH]ccc12. The van der Waals surface area contributed by atoms with Crippen LogP contribution in [0.1, 0.15) is 31.8 Å². The number of hydrogen-bond donors (Lipinski definition) is 4. The summed E-state index contributed by atoms with van der Waals surface area (Å²) in [4.78, 5) is 32.9. The number of rotatable bonds is 5. The predicted octanol–water partition coefficient (Wildman–Crippen LogP) is 4.73. The van der Waals surface area contributed by atoms with Gasteiger partial charge in [0.2, 0.25) is 0 Å². The van der Waals surface area contributed by atoms with Gasteiger partial charge < -0.3 is 20.9 Å². The third-order valence-corrected chi connectivity index (χ3v) is 5.11. The highest BCUT2D eigenvalue weighted by Crippen LogP contribution is 2.27. The molecule has 2 aromatic carbocycles. The first-order chi connectivity index (χ1) is 15.0. The highest BCUT2D eigenvalue weighted by atomic mass is 16.2. The van der Waals surface area contributed by atoms with Gasteiger partial charge in [-0.2, -0.15) is 0 Å². The number of benzene rings is 2. The number of carbonyl (C=O) groups excluding carboxylic acids is 2. The molecular weight excluding hydrogens is 390 g/mol. The van der Waals surface area contributed by atoms with E-state index in [4.69, 9.17) is 0 Å². The van der Waals surface area contributed by atoms with E-state index in [0.29, 0.717) is 33.8 Å². The van der Waals surface area contributed by atoms with Crippen molar-refractivity contribution in [2.75, 3.05) is 23.0 Å². The number of H-pyrrole nitrogens is 1. The minimum atomic E-state index is -0.287. The summed E-state index contributed by atoms with van der Waals surface area (Å²) in [6, 6.07) is 14.7. The van der Waals surface area contributed by atoms with Crippen LogP contribution in [0, 0.1) is 13.8 Å². The van der Waals surface area contributed by atoms with Crippen LogP contribution in [0.4, 0.5) is 17.1 Å². The molecule has 0 aliphatic heterocycles. The molecule has 0 bridgehead atoms. The van der Waals surface area contributed by atoms with Gasteiger partial charge in [-0.15, -0.1) is 0 Å². The lowest BCUT2D eigenvalue weighted by Gasteiger charge is -2.14. The quantitative estimate of drug-likeness (QED) is 0.380. The van der Waals surface area contributed by atoms with E-state index < -0.39 is 0 Å². The highest BCUT2D eigenvalue weighted by Gasteiger charge is 2.17. The number of aryl methyl sites for hydroxylation is 2. The van der Waals surface area contributed by atoms with Crippen LogP contribution in [0.2, 0.25) is 0 Å². The molecule has 0 spiro atoms. The normalized spacial score (nSPS) is 10.7. The van der Waals surface area contributed by atoms with E-state index in [1.165, 1.54) is 0 Å². The van der Waals surface area contributed by atoms with Gasteiger partial charge in [-0.25, -0.2) is 4.98 Å². The average molecular weight is 413 g/mol. The topological polar surface area (TPSA) is 98.9 Å². The number of fused-ring (bicyclic) bond motifs is 1. The van der Waals surface area contributed by atoms with E-state index in [2.05, 4.69) is 25.9 Å². The first-order valence-electron chi connectivity index (χ1n) is 9.90. The molecule has 0 aliphatic rings. The molecule has 0 radical (unpaired) electrons. The van der Waals surface area contributed by atoms with Crippen LogP contribution < -0.4 is 16.0 Å². The third kappa shape index (κ3) is 4.11. The Bertz CT molecular complexity index is 1290. The number of carbonyl (C=O) groups is 2. The van der Waals surface area contributed by atoms with E-state index in [0.717, 1.165) is 16.5 Å². The van der Waals surface area contributed by atoms with Crippen molar-refractivity contribution in [1.82, 2.24) is 9.97 Å². The molecule has 156 valence electrons. The summed E-state index contributed by atoms with van der Waals surface area (Å²) in [7, 11) is 1.77. The van der Waals surface area contributed by atoms with E-state index in [9.17, 15) is 9.59 Å². The largest absolute Gasteiger partial charge is 0.387 e. The van der Waals surface area contributed by atoms with Gasteiger partial charge in [-0.1, -0.05) is 23.8 Å². The molecule has 2 heterocycles. The number of pyridine rings is 1. The van der Waals surface area contributed by atoms with Crippen molar-refractivity contribution in [3.05, 3.63) is 83.2 Å². The van der Waals surface area contributed by atoms with Gasteiger partial charge in [0.25, 0.3) is 11.8 Å². The Morgan fingerprint density at radius 2 is 1.81 bits per heavy atom. The molecule has 0 saturated carbocycles. The lowest BCUT2D eigenvalue weighted by atomic mass is 10.1. The van der Waals surface area contributed by atoms with Crippen molar-refractivity contribution in [3.8, 4) is 0 Å². The van der Waals surface area contributed by atoms with Gasteiger partial charge in [0.1, 0.15) is 5.65 Å². The first-order valence-corrected chi connectivity index (χ1v) is 9.90. The highest BCUT2D eigenvalue weighted by molar-refractivity contribution is 6.12. The summed E-state index contributed by atoms with van der Waals surface area (Å²) in [5, 5.41) is 9.76. The predicted molar refractivity (Wildman–Crippen MR) is 124 cm³/mol. The fraction of sp³-hybridized carbons (Fsp3) is 0.125. The molecule has 31 heavy (non-hydrogen) atoms. The second kappa shape index (κ2) is 8.31. The minimum Gasteiger partial charge on any atom is -0.387 e. The number of anilines is 3. The van der Waals surface area contributed by atoms with Crippen molar-refractivity contribution in [3.63, 3.8) is 0 Å². The zero-order valence-electron chi connectivity index (χ0n) is 17.5. The molecule has 4 rings (SSSR count). The summed E-state index contributed by atoms with van der Waals surface area (Å²) in [5.41, 5.74) is 5.52. The Kier molecular flexibility index (Phi) is 5.41. The molecule has 0 aliphatic carbocycles. The molecule has 7 nitrogen and oxygen atoms in total. The van der Waals surface area contributed by atoms with Crippen molar-refractivity contribution in [1.29, 1.82) is 0 Å². The first kappa shape index (κ1) is 20.2. The van der Waals surface area contributed by atoms with Gasteiger partial charge in [0, 0.05) is 41.8 Å². The van der Waals surface area contributed by atoms with Crippen LogP contribution in [0.5, 0.6) is 0 Å². The van der Waals surface area contributed by atoms with Crippen molar-refractivity contribution < 1.29 is 9.59 Å². The van der Waals surface area contributed by atoms with Crippen LogP contribution in [-0.2, 0) is 0 Å². The number of nitrogens with zero attached hydrogens (tertiary/aromatic N) is 1. The van der Waals surface area contributed by atoms with Gasteiger partial charge in [0.05, 0.1) is 11.3 Å². The number of hydrogen-bond acceptors (Lipinski definition) is 4. The van der Waals surface area contributed by atoms with E-state index in [-0.39, 0.29) is 11.8 Å². The summed E-state index contributed by atoms with van der Waals surface area (Å²) < 4.78 is 0. The molecule has 4 N–H and O–H groups in total. The molecule has 2 aromatic heterocycles. The molecule has 4 aromatic rings. The standard InChI is InChI=1S/C24H23N5O2/c1-14-5-4-6-16(11-14)23(30)28-17-8-7-15(2)20(12-17)29-24(31)19-13-27-22-18(9-10-26-22)21(19)25-3/h4-13H,1-3H3,(H,28,30)(H,29,31)(H2,25,26,27). The van der Waals surface area contributed by atoms with Gasteiger partial charge >= 0.3 is 0 Å². The Balaban J connectivity index is 1.58. The summed E-state index contributed by atoms with van der Waals surface area (Å²) >= 11 is 0. The lowest BCUT2D eigenvalue weighted by Crippen LogP contribution is -2.16. The number of nitrogens with one attached hydrogen (secondary N) is 4. The second-order valence-electron chi connectivity index (χ2n) is 7.34. The summed E-state index contributed by atoms with van der Waals surface area (Å²) in [6.07, 6.45) is 3.32. The Labute approximate surface area is 179 Å². The fourth-order valence-corrected chi connectivity index (χ4v) is 3.46. The lowest BCUT2D eigenvalue weighted by molar-refractivity contribution is 0.101. The minimum absolute atomic E-state index is 0.204. The molecule has 2 amide bonds. The monoisotopic (exact) mass is 413 g/mol. The molecule has 0 atom stereocenters. The number of amides is 2. The van der Waals surface area contributed by atoms with Crippen LogP contribution >= 0.6 is 0 Å². The second-order valence-corrected chi connectivity index (χ2v) is 7.34. The maximum absolute atomic E-state index is 13.0. The summed E-state index contributed by atoms with van der Waals surface area (Å²) in [6.45, 7) is 3.84. The third-order valence-electron chi connectivity index (χ3n) is 5.11. The number of aromatic amines is 1. The molecule has 0 saturated heterocycles. The van der Waals surface area contributed by atoms with Crippen LogP contribution in [0.3, 0.4) is 0 Å². The molecule has 7 heteroatoms. The molecule has 0 unspecified atom stereocenters. The van der Waals surface area contributed by atoms with E-state index in [1.807, 2.05) is 50.2 Å². The summed E-state index contributed by atoms with van der Waals surface area (Å²) in [5.74, 6) is -0.491. The zero-order chi connectivity index (χ0) is 22.0. The smallest absolute Gasteiger partial charge is 0.259 e. The maximum Gasteiger partial charge on any atom is 0.259 e. The van der Waals surface area contributed by atoms with Gasteiger partial charge in [-0.05, 0) is 49.7 Å². The van der Waals surface area contributed by atoms with Crippen molar-refractivity contribution >= 4 is 39.9 Å². The van der Waals surface area contributed by atoms with Crippen molar-refractivity contribution in [2.45, 2.75) is 13.8 Å². The average Bonchev–Trinajstić information content (AvgIpc) is 3.24. The zero-order valence-corrected chi connectivity index (χ0v) is 17.5. The Morgan fingerprint density at radius 3 is 2.58 bits per heavy atom.